The van der Waals surface area contributed by atoms with Crippen molar-refractivity contribution in [2.24, 2.45) is 11.7 Å². The third-order valence-corrected chi connectivity index (χ3v) is 5.78. The summed E-state index contributed by atoms with van der Waals surface area (Å²) in [6.45, 7) is 2.92. The van der Waals surface area contributed by atoms with Gasteiger partial charge < -0.3 is 37.0 Å². The number of carbonyl (C=O) groups excluding carboxylic acids is 3. The molecule has 11 heteroatoms. The molecule has 38 heavy (non-hydrogen) atoms. The van der Waals surface area contributed by atoms with Gasteiger partial charge in [0.25, 0.3) is 0 Å². The summed E-state index contributed by atoms with van der Waals surface area (Å²) in [4.78, 5) is 50.2. The van der Waals surface area contributed by atoms with E-state index in [0.29, 0.717) is 5.56 Å². The van der Waals surface area contributed by atoms with Crippen molar-refractivity contribution in [3.8, 4) is 5.75 Å². The molecule has 0 aliphatic carbocycles. The molecule has 2 rings (SSSR count). The van der Waals surface area contributed by atoms with Crippen LogP contribution in [0.1, 0.15) is 31.4 Å². The maximum Gasteiger partial charge on any atom is 0.326 e. The van der Waals surface area contributed by atoms with E-state index in [4.69, 9.17) is 5.73 Å². The van der Waals surface area contributed by atoms with Crippen LogP contribution in [-0.2, 0) is 32.0 Å². The Morgan fingerprint density at radius 2 is 1.29 bits per heavy atom. The maximum absolute atomic E-state index is 13.0. The first kappa shape index (κ1) is 30.3. The molecule has 3 amide bonds. The maximum atomic E-state index is 13.0. The Hall–Kier alpha value is -3.96. The number of phenolic OH excluding ortho intramolecular Hbond substituents is 1. The molecule has 4 unspecified atom stereocenters. The Balaban J connectivity index is 2.04. The van der Waals surface area contributed by atoms with E-state index in [1.807, 2.05) is 13.8 Å². The van der Waals surface area contributed by atoms with E-state index in [1.165, 1.54) is 12.1 Å². The molecule has 2 aromatic rings. The predicted octanol–water partition coefficient (Wildman–Crippen LogP) is 0.0821. The van der Waals surface area contributed by atoms with Gasteiger partial charge in [-0.2, -0.15) is 0 Å². The number of nitrogens with one attached hydrogen (secondary N) is 3. The van der Waals surface area contributed by atoms with Crippen LogP contribution in [0.15, 0.2) is 54.6 Å². The topological polar surface area (TPSA) is 191 Å². The Bertz CT molecular complexity index is 1080. The highest BCUT2D eigenvalue weighted by atomic mass is 16.4. The van der Waals surface area contributed by atoms with Gasteiger partial charge in [-0.15, -0.1) is 0 Å². The summed E-state index contributed by atoms with van der Waals surface area (Å²) >= 11 is 0. The number of carboxylic acids is 1. The first-order valence-electron chi connectivity index (χ1n) is 12.3. The molecule has 11 nitrogen and oxygen atoms in total. The Labute approximate surface area is 221 Å². The van der Waals surface area contributed by atoms with Crippen molar-refractivity contribution in [3.63, 3.8) is 0 Å². The molecule has 2 aromatic carbocycles. The van der Waals surface area contributed by atoms with E-state index in [0.717, 1.165) is 5.56 Å². The number of aliphatic carboxylic acids is 1. The Kier molecular flexibility index (Phi) is 11.7. The van der Waals surface area contributed by atoms with Gasteiger partial charge >= 0.3 is 5.97 Å². The van der Waals surface area contributed by atoms with Gasteiger partial charge in [0.2, 0.25) is 17.7 Å². The van der Waals surface area contributed by atoms with Crippen LogP contribution < -0.4 is 21.7 Å². The lowest BCUT2D eigenvalue weighted by atomic mass is 10.0. The van der Waals surface area contributed by atoms with Crippen LogP contribution in [0.2, 0.25) is 0 Å². The highest BCUT2D eigenvalue weighted by Crippen LogP contribution is 2.11. The highest BCUT2D eigenvalue weighted by Gasteiger charge is 2.30. The van der Waals surface area contributed by atoms with Gasteiger partial charge in [0, 0.05) is 6.42 Å². The SMILES string of the molecule is CC(C)CC(NC(=O)C(CO)NC(=O)C(N)Cc1ccc(O)cc1)C(=O)NC(Cc1ccccc1)C(=O)O. The van der Waals surface area contributed by atoms with Crippen LogP contribution >= 0.6 is 0 Å². The molecule has 0 radical (unpaired) electrons. The van der Waals surface area contributed by atoms with Crippen molar-refractivity contribution in [2.75, 3.05) is 6.61 Å². The molecule has 0 spiro atoms. The number of hydrogen-bond donors (Lipinski definition) is 7. The van der Waals surface area contributed by atoms with Crippen molar-refractivity contribution < 1.29 is 34.5 Å². The van der Waals surface area contributed by atoms with Crippen LogP contribution in [0.3, 0.4) is 0 Å². The molecule has 206 valence electrons. The van der Waals surface area contributed by atoms with E-state index < -0.39 is 54.5 Å². The molecule has 0 aromatic heterocycles. The van der Waals surface area contributed by atoms with E-state index in [9.17, 15) is 34.5 Å². The van der Waals surface area contributed by atoms with Crippen LogP contribution in [0.25, 0.3) is 0 Å². The fourth-order valence-electron chi connectivity index (χ4n) is 3.75. The number of aromatic hydroxyl groups is 1. The van der Waals surface area contributed by atoms with Gasteiger partial charge in [-0.25, -0.2) is 4.79 Å². The van der Waals surface area contributed by atoms with Gasteiger partial charge in [-0.05, 0) is 42.0 Å². The summed E-state index contributed by atoms with van der Waals surface area (Å²) in [6, 6.07) is 10.2. The van der Waals surface area contributed by atoms with Crippen LogP contribution in [0, 0.1) is 5.92 Å². The lowest BCUT2D eigenvalue weighted by Crippen LogP contribution is -2.58. The quantitative estimate of drug-likeness (QED) is 0.179. The van der Waals surface area contributed by atoms with E-state index >= 15 is 0 Å². The fraction of sp³-hybridized carbons (Fsp3) is 0.407. The zero-order valence-corrected chi connectivity index (χ0v) is 21.5. The summed E-state index contributed by atoms with van der Waals surface area (Å²) in [5.41, 5.74) is 7.35. The van der Waals surface area contributed by atoms with E-state index in [2.05, 4.69) is 16.0 Å². The number of rotatable bonds is 14. The van der Waals surface area contributed by atoms with Gasteiger partial charge in [0.05, 0.1) is 12.6 Å². The molecule has 0 aliphatic rings. The Morgan fingerprint density at radius 3 is 1.84 bits per heavy atom. The minimum absolute atomic E-state index is 0.0376. The lowest BCUT2D eigenvalue weighted by Gasteiger charge is -2.25. The average molecular weight is 529 g/mol. The second kappa shape index (κ2) is 14.7. The minimum atomic E-state index is -1.38. The molecule has 0 heterocycles. The van der Waals surface area contributed by atoms with Crippen molar-refractivity contribution in [1.82, 2.24) is 16.0 Å². The van der Waals surface area contributed by atoms with E-state index in [-0.39, 0.29) is 30.9 Å². The number of aliphatic hydroxyl groups is 1. The largest absolute Gasteiger partial charge is 0.508 e. The predicted molar refractivity (Wildman–Crippen MR) is 140 cm³/mol. The molecular formula is C27H36N4O7. The number of benzene rings is 2. The number of amides is 3. The summed E-state index contributed by atoms with van der Waals surface area (Å²) in [5.74, 6) is -3.38. The second-order valence-corrected chi connectivity index (χ2v) is 9.50. The summed E-state index contributed by atoms with van der Waals surface area (Å²) < 4.78 is 0. The molecule has 0 saturated heterocycles. The number of phenols is 1. The molecule has 0 bridgehead atoms. The average Bonchev–Trinajstić information content (AvgIpc) is 2.87. The number of aliphatic hydroxyl groups excluding tert-OH is 1. The third kappa shape index (κ3) is 9.83. The molecule has 0 aliphatic heterocycles. The van der Waals surface area contributed by atoms with Crippen molar-refractivity contribution in [3.05, 3.63) is 65.7 Å². The van der Waals surface area contributed by atoms with E-state index in [1.54, 1.807) is 42.5 Å². The number of nitrogens with two attached hydrogens (primary N) is 1. The van der Waals surface area contributed by atoms with Gasteiger partial charge in [0.1, 0.15) is 23.9 Å². The monoisotopic (exact) mass is 528 g/mol. The molecule has 0 fully saturated rings. The van der Waals surface area contributed by atoms with Crippen LogP contribution in [-0.4, -0.2) is 69.8 Å². The number of carbonyl (C=O) groups is 4. The van der Waals surface area contributed by atoms with Gasteiger partial charge in [-0.1, -0.05) is 56.3 Å². The second-order valence-electron chi connectivity index (χ2n) is 9.50. The summed E-state index contributed by atoms with van der Waals surface area (Å²) in [7, 11) is 0. The lowest BCUT2D eigenvalue weighted by molar-refractivity contribution is -0.142. The van der Waals surface area contributed by atoms with Crippen molar-refractivity contribution >= 4 is 23.7 Å². The first-order valence-corrected chi connectivity index (χ1v) is 12.3. The highest BCUT2D eigenvalue weighted by molar-refractivity contribution is 5.94. The van der Waals surface area contributed by atoms with Gasteiger partial charge in [0.15, 0.2) is 0 Å². The fourth-order valence-corrected chi connectivity index (χ4v) is 3.75. The molecular weight excluding hydrogens is 492 g/mol. The number of hydrogen-bond acceptors (Lipinski definition) is 7. The summed E-state index contributed by atoms with van der Waals surface area (Å²) in [6.07, 6.45) is 0.377. The zero-order valence-electron chi connectivity index (χ0n) is 21.5. The van der Waals surface area contributed by atoms with Crippen LogP contribution in [0.5, 0.6) is 5.75 Å². The first-order chi connectivity index (χ1) is 18.0. The Morgan fingerprint density at radius 1 is 0.763 bits per heavy atom. The normalized spacial score (nSPS) is 14.1. The number of carboxylic acid groups (broad SMARTS) is 1. The standard InChI is InChI=1S/C27H36N4O7/c1-16(2)12-21(25(35)30-22(27(37)38)14-17-6-4-3-5-7-17)29-26(36)23(15-32)31-24(34)20(28)13-18-8-10-19(33)11-9-18/h3-11,16,20-23,32-33H,12-15,28H2,1-2H3,(H,29,36)(H,30,35)(H,31,34)(H,37,38). The molecule has 0 saturated carbocycles. The van der Waals surface area contributed by atoms with Crippen molar-refractivity contribution in [2.45, 2.75) is 57.3 Å². The third-order valence-electron chi connectivity index (χ3n) is 5.78. The minimum Gasteiger partial charge on any atom is -0.508 e. The molecule has 8 N–H and O–H groups in total. The van der Waals surface area contributed by atoms with Gasteiger partial charge in [-0.3, -0.25) is 14.4 Å². The zero-order chi connectivity index (χ0) is 28.2. The van der Waals surface area contributed by atoms with Crippen LogP contribution in [0.4, 0.5) is 0 Å². The summed E-state index contributed by atoms with van der Waals surface area (Å²) in [5, 5.41) is 36.1. The smallest absolute Gasteiger partial charge is 0.326 e. The molecule has 4 atom stereocenters. The van der Waals surface area contributed by atoms with Crippen molar-refractivity contribution in [1.29, 1.82) is 0 Å².